The van der Waals surface area contributed by atoms with Crippen LogP contribution in [0.2, 0.25) is 10.3 Å². The zero-order chi connectivity index (χ0) is 12.0. The largest absolute Gasteiger partial charge is 0.299 e. The highest BCUT2D eigenvalue weighted by molar-refractivity contribution is 6.34. The van der Waals surface area contributed by atoms with E-state index in [0.717, 1.165) is 44.1 Å². The van der Waals surface area contributed by atoms with Crippen LogP contribution >= 0.6 is 23.2 Å². The van der Waals surface area contributed by atoms with E-state index >= 15 is 0 Å². The molecular weight excluding hydrogens is 259 g/mol. The fourth-order valence-corrected chi connectivity index (χ4v) is 2.89. The molecule has 1 atom stereocenters. The lowest BCUT2D eigenvalue weighted by atomic mass is 10.1. The minimum Gasteiger partial charge on any atom is -0.299 e. The topological polar surface area (TPSA) is 32.3 Å². The Hall–Kier alpha value is -0.420. The number of rotatable bonds is 1. The Labute approximate surface area is 111 Å². The van der Waals surface area contributed by atoms with Gasteiger partial charge in [-0.05, 0) is 6.92 Å². The van der Waals surface area contributed by atoms with E-state index < -0.39 is 0 Å². The van der Waals surface area contributed by atoms with Gasteiger partial charge in [0, 0.05) is 38.3 Å². The summed E-state index contributed by atoms with van der Waals surface area (Å²) >= 11 is 12.1. The second-order valence-corrected chi connectivity index (χ2v) is 5.36. The maximum atomic E-state index is 6.07. The molecule has 1 unspecified atom stereocenters. The van der Waals surface area contributed by atoms with Crippen LogP contribution in [0, 0.1) is 6.92 Å². The number of piperazine rings is 3. The smallest absolute Gasteiger partial charge is 0.150 e. The van der Waals surface area contributed by atoms with Crippen LogP contribution in [-0.4, -0.2) is 52.5 Å². The van der Waals surface area contributed by atoms with Gasteiger partial charge in [0.15, 0.2) is 0 Å². The third kappa shape index (κ3) is 2.03. The molecule has 1 aromatic heterocycles. The summed E-state index contributed by atoms with van der Waals surface area (Å²) in [6, 6.07) is 0.244. The lowest BCUT2D eigenvalue weighted by molar-refractivity contribution is 0.00864. The summed E-state index contributed by atoms with van der Waals surface area (Å²) in [4.78, 5) is 13.6. The SMILES string of the molecule is Cc1c(Cl)nc(C2CN3CCN2CC3)nc1Cl. The van der Waals surface area contributed by atoms with Crippen LogP contribution in [0.3, 0.4) is 0 Å². The van der Waals surface area contributed by atoms with Gasteiger partial charge >= 0.3 is 0 Å². The molecular formula is C11H14Cl2N4. The predicted octanol–water partition coefficient (Wildman–Crippen LogP) is 1.76. The second kappa shape index (κ2) is 4.35. The number of hydrogen-bond donors (Lipinski definition) is 0. The van der Waals surface area contributed by atoms with Gasteiger partial charge in [-0.15, -0.1) is 0 Å². The van der Waals surface area contributed by atoms with Gasteiger partial charge in [-0.25, -0.2) is 9.97 Å². The van der Waals surface area contributed by atoms with Gasteiger partial charge in [-0.1, -0.05) is 23.2 Å². The number of aromatic nitrogens is 2. The number of nitrogens with zero attached hydrogens (tertiary/aromatic N) is 4. The van der Waals surface area contributed by atoms with Crippen molar-refractivity contribution in [1.29, 1.82) is 0 Å². The first-order valence-corrected chi connectivity index (χ1v) is 6.56. The quantitative estimate of drug-likeness (QED) is 0.730. The number of fused-ring (bicyclic) bond motifs is 3. The molecule has 4 nitrogen and oxygen atoms in total. The zero-order valence-corrected chi connectivity index (χ0v) is 11.2. The van der Waals surface area contributed by atoms with E-state index in [9.17, 15) is 0 Å². The maximum Gasteiger partial charge on any atom is 0.150 e. The van der Waals surface area contributed by atoms with Crippen molar-refractivity contribution in [2.75, 3.05) is 32.7 Å². The molecule has 3 saturated heterocycles. The van der Waals surface area contributed by atoms with Crippen LogP contribution in [0.15, 0.2) is 0 Å². The lowest BCUT2D eigenvalue weighted by Crippen LogP contribution is -2.57. The minimum absolute atomic E-state index is 0.244. The fourth-order valence-electron chi connectivity index (χ4n) is 2.49. The molecule has 3 fully saturated rings. The van der Waals surface area contributed by atoms with Gasteiger partial charge in [-0.2, -0.15) is 0 Å². The molecule has 0 aliphatic carbocycles. The van der Waals surface area contributed by atoms with Gasteiger partial charge in [0.2, 0.25) is 0 Å². The highest BCUT2D eigenvalue weighted by Crippen LogP contribution is 2.29. The number of halogens is 2. The third-order valence-electron chi connectivity index (χ3n) is 3.62. The van der Waals surface area contributed by atoms with E-state index in [2.05, 4.69) is 19.8 Å². The summed E-state index contributed by atoms with van der Waals surface area (Å²) in [6.07, 6.45) is 0. The molecule has 0 radical (unpaired) electrons. The molecule has 4 rings (SSSR count). The molecule has 0 N–H and O–H groups in total. The normalized spacial score (nSPS) is 31.8. The Balaban J connectivity index is 1.94. The van der Waals surface area contributed by atoms with Crippen LogP contribution in [0.5, 0.6) is 0 Å². The van der Waals surface area contributed by atoms with Crippen molar-refractivity contribution in [2.24, 2.45) is 0 Å². The van der Waals surface area contributed by atoms with Gasteiger partial charge in [0.05, 0.1) is 6.04 Å². The van der Waals surface area contributed by atoms with Gasteiger partial charge in [0.1, 0.15) is 16.1 Å². The van der Waals surface area contributed by atoms with E-state index in [-0.39, 0.29) is 6.04 Å². The average molecular weight is 273 g/mol. The number of hydrogen-bond acceptors (Lipinski definition) is 4. The summed E-state index contributed by atoms with van der Waals surface area (Å²) in [5, 5.41) is 0.940. The molecule has 92 valence electrons. The van der Waals surface area contributed by atoms with Crippen molar-refractivity contribution in [3.8, 4) is 0 Å². The average Bonchev–Trinajstić information content (AvgIpc) is 2.36. The molecule has 1 aromatic rings. The molecule has 3 aliphatic rings. The van der Waals surface area contributed by atoms with Crippen molar-refractivity contribution in [2.45, 2.75) is 13.0 Å². The minimum atomic E-state index is 0.244. The summed E-state index contributed by atoms with van der Waals surface area (Å²) < 4.78 is 0. The van der Waals surface area contributed by atoms with Gasteiger partial charge < -0.3 is 0 Å². The standard InChI is InChI=1S/C11H14Cl2N4/c1-7-9(12)14-11(15-10(7)13)8-6-16-2-4-17(8)5-3-16/h8H,2-6H2,1H3. The lowest BCUT2D eigenvalue weighted by Gasteiger charge is -2.46. The predicted molar refractivity (Wildman–Crippen MR) is 67.5 cm³/mol. The molecule has 2 bridgehead atoms. The molecule has 3 aliphatic heterocycles. The third-order valence-corrected chi connectivity index (χ3v) is 4.36. The highest BCUT2D eigenvalue weighted by atomic mass is 35.5. The Bertz CT molecular complexity index is 420. The van der Waals surface area contributed by atoms with E-state index in [1.165, 1.54) is 0 Å². The Kier molecular flexibility index (Phi) is 2.99. The molecule has 0 aromatic carbocycles. The van der Waals surface area contributed by atoms with Crippen LogP contribution in [0.1, 0.15) is 17.4 Å². The van der Waals surface area contributed by atoms with Gasteiger partial charge in [0.25, 0.3) is 0 Å². The van der Waals surface area contributed by atoms with E-state index in [1.807, 2.05) is 6.92 Å². The molecule has 0 spiro atoms. The first kappa shape index (κ1) is 11.7. The monoisotopic (exact) mass is 272 g/mol. The molecule has 4 heterocycles. The van der Waals surface area contributed by atoms with Crippen molar-refractivity contribution in [1.82, 2.24) is 19.8 Å². The molecule has 0 saturated carbocycles. The van der Waals surface area contributed by atoms with E-state index in [0.29, 0.717) is 10.3 Å². The van der Waals surface area contributed by atoms with Crippen molar-refractivity contribution in [3.05, 3.63) is 21.7 Å². The maximum absolute atomic E-state index is 6.07. The van der Waals surface area contributed by atoms with E-state index in [4.69, 9.17) is 23.2 Å². The van der Waals surface area contributed by atoms with Gasteiger partial charge in [-0.3, -0.25) is 9.80 Å². The molecule has 0 amide bonds. The van der Waals surface area contributed by atoms with Crippen LogP contribution < -0.4 is 0 Å². The van der Waals surface area contributed by atoms with Crippen molar-refractivity contribution in [3.63, 3.8) is 0 Å². The molecule has 17 heavy (non-hydrogen) atoms. The Morgan fingerprint density at radius 1 is 1.06 bits per heavy atom. The van der Waals surface area contributed by atoms with Crippen molar-refractivity contribution >= 4 is 23.2 Å². The summed E-state index contributed by atoms with van der Waals surface area (Å²) in [5.41, 5.74) is 0.758. The first-order chi connectivity index (χ1) is 8.15. The second-order valence-electron chi connectivity index (χ2n) is 4.64. The van der Waals surface area contributed by atoms with Crippen molar-refractivity contribution < 1.29 is 0 Å². The van der Waals surface area contributed by atoms with E-state index in [1.54, 1.807) is 0 Å². The Morgan fingerprint density at radius 3 is 2.12 bits per heavy atom. The summed E-state index contributed by atoms with van der Waals surface area (Å²) in [5.74, 6) is 0.759. The van der Waals surface area contributed by atoms with Crippen LogP contribution in [-0.2, 0) is 0 Å². The molecule has 6 heteroatoms. The zero-order valence-electron chi connectivity index (χ0n) is 9.66. The van der Waals surface area contributed by atoms with Crippen LogP contribution in [0.25, 0.3) is 0 Å². The van der Waals surface area contributed by atoms with Crippen LogP contribution in [0.4, 0.5) is 0 Å². The summed E-state index contributed by atoms with van der Waals surface area (Å²) in [6.45, 7) is 7.27. The summed E-state index contributed by atoms with van der Waals surface area (Å²) in [7, 11) is 0. The highest BCUT2D eigenvalue weighted by Gasteiger charge is 2.34. The first-order valence-electron chi connectivity index (χ1n) is 5.81. The Morgan fingerprint density at radius 2 is 1.65 bits per heavy atom. The fraction of sp³-hybridized carbons (Fsp3) is 0.636.